The van der Waals surface area contributed by atoms with Gasteiger partial charge in [-0.3, -0.25) is 4.57 Å². The van der Waals surface area contributed by atoms with E-state index in [4.69, 9.17) is 12.2 Å². The first kappa shape index (κ1) is 13.1. The number of aryl methyl sites for hydroxylation is 4. The SMILES string of the molecule is CCn1nc(C)c2[nH]c(=S)n(-c3cc(C)cc(C)c3)c21. The van der Waals surface area contributed by atoms with E-state index in [1.54, 1.807) is 0 Å². The lowest BCUT2D eigenvalue weighted by molar-refractivity contribution is 0.661. The van der Waals surface area contributed by atoms with Crippen molar-refractivity contribution in [2.24, 2.45) is 0 Å². The van der Waals surface area contributed by atoms with E-state index in [-0.39, 0.29) is 0 Å². The molecule has 2 aromatic heterocycles. The number of nitrogens with zero attached hydrogens (tertiary/aromatic N) is 3. The predicted octanol–water partition coefficient (Wildman–Crippen LogP) is 3.83. The van der Waals surface area contributed by atoms with Crippen molar-refractivity contribution in [3.8, 4) is 5.69 Å². The lowest BCUT2D eigenvalue weighted by Crippen LogP contribution is -2.04. The molecule has 0 spiro atoms. The van der Waals surface area contributed by atoms with Gasteiger partial charge in [-0.15, -0.1) is 0 Å². The molecular weight excluding hydrogens is 268 g/mol. The topological polar surface area (TPSA) is 38.5 Å². The van der Waals surface area contributed by atoms with Gasteiger partial charge in [-0.05, 0) is 63.2 Å². The Hall–Kier alpha value is -1.88. The van der Waals surface area contributed by atoms with Gasteiger partial charge in [-0.1, -0.05) is 6.07 Å². The number of hydrogen-bond donors (Lipinski definition) is 1. The van der Waals surface area contributed by atoms with Crippen LogP contribution in [0.2, 0.25) is 0 Å². The summed E-state index contributed by atoms with van der Waals surface area (Å²) in [6.07, 6.45) is 0. The van der Waals surface area contributed by atoms with Crippen molar-refractivity contribution in [1.82, 2.24) is 19.3 Å². The minimum atomic E-state index is 0.715. The Kier molecular flexibility index (Phi) is 3.01. The zero-order valence-corrected chi connectivity index (χ0v) is 13.0. The fourth-order valence-electron chi connectivity index (χ4n) is 2.74. The van der Waals surface area contributed by atoms with Crippen LogP contribution in [0.15, 0.2) is 18.2 Å². The third kappa shape index (κ3) is 1.89. The molecule has 2 heterocycles. The average molecular weight is 286 g/mol. The summed E-state index contributed by atoms with van der Waals surface area (Å²) in [6, 6.07) is 6.47. The minimum absolute atomic E-state index is 0.715. The number of nitrogens with one attached hydrogen (secondary N) is 1. The van der Waals surface area contributed by atoms with Crippen LogP contribution in [-0.2, 0) is 6.54 Å². The van der Waals surface area contributed by atoms with Gasteiger partial charge in [0.25, 0.3) is 0 Å². The molecule has 1 aromatic carbocycles. The molecule has 4 nitrogen and oxygen atoms in total. The van der Waals surface area contributed by atoms with E-state index in [1.807, 2.05) is 11.6 Å². The van der Waals surface area contributed by atoms with E-state index in [2.05, 4.69) is 53.6 Å². The fourth-order valence-corrected chi connectivity index (χ4v) is 3.04. The van der Waals surface area contributed by atoms with Gasteiger partial charge in [0.15, 0.2) is 10.4 Å². The summed E-state index contributed by atoms with van der Waals surface area (Å²) in [5.74, 6) is 0. The molecule has 0 saturated carbocycles. The van der Waals surface area contributed by atoms with Gasteiger partial charge in [0.1, 0.15) is 5.52 Å². The fraction of sp³-hybridized carbons (Fsp3) is 0.333. The van der Waals surface area contributed by atoms with Crippen LogP contribution < -0.4 is 0 Å². The third-order valence-electron chi connectivity index (χ3n) is 3.51. The first-order valence-corrected chi connectivity index (χ1v) is 7.19. The highest BCUT2D eigenvalue weighted by molar-refractivity contribution is 7.71. The van der Waals surface area contributed by atoms with Crippen LogP contribution in [0.5, 0.6) is 0 Å². The van der Waals surface area contributed by atoms with Gasteiger partial charge in [-0.25, -0.2) is 4.68 Å². The van der Waals surface area contributed by atoms with E-state index in [0.717, 1.165) is 29.1 Å². The molecule has 104 valence electrons. The third-order valence-corrected chi connectivity index (χ3v) is 3.80. The van der Waals surface area contributed by atoms with Gasteiger partial charge in [0.05, 0.1) is 11.4 Å². The minimum Gasteiger partial charge on any atom is -0.327 e. The number of fused-ring (bicyclic) bond motifs is 1. The molecule has 0 atom stereocenters. The highest BCUT2D eigenvalue weighted by atomic mass is 32.1. The molecule has 0 aliphatic rings. The molecule has 0 aliphatic carbocycles. The lowest BCUT2D eigenvalue weighted by atomic mass is 10.1. The van der Waals surface area contributed by atoms with Gasteiger partial charge >= 0.3 is 0 Å². The second-order valence-electron chi connectivity index (χ2n) is 5.21. The van der Waals surface area contributed by atoms with E-state index in [0.29, 0.717) is 4.77 Å². The highest BCUT2D eigenvalue weighted by Gasteiger charge is 2.15. The normalized spacial score (nSPS) is 11.4. The summed E-state index contributed by atoms with van der Waals surface area (Å²) in [5.41, 5.74) is 6.60. The zero-order chi connectivity index (χ0) is 14.4. The lowest BCUT2D eigenvalue weighted by Gasteiger charge is -2.08. The average Bonchev–Trinajstić information content (AvgIpc) is 2.85. The Morgan fingerprint density at radius 1 is 1.15 bits per heavy atom. The first-order valence-electron chi connectivity index (χ1n) is 6.78. The van der Waals surface area contributed by atoms with Crippen LogP contribution in [-0.4, -0.2) is 19.3 Å². The van der Waals surface area contributed by atoms with Gasteiger partial charge < -0.3 is 4.98 Å². The zero-order valence-electron chi connectivity index (χ0n) is 12.2. The molecule has 0 saturated heterocycles. The molecule has 0 fully saturated rings. The molecule has 3 rings (SSSR count). The molecule has 0 unspecified atom stereocenters. The molecule has 5 heteroatoms. The number of benzene rings is 1. The van der Waals surface area contributed by atoms with Crippen molar-refractivity contribution in [2.45, 2.75) is 34.2 Å². The molecule has 0 amide bonds. The summed E-state index contributed by atoms with van der Waals surface area (Å²) < 4.78 is 4.79. The summed E-state index contributed by atoms with van der Waals surface area (Å²) in [7, 11) is 0. The largest absolute Gasteiger partial charge is 0.327 e. The van der Waals surface area contributed by atoms with Gasteiger partial charge in [0.2, 0.25) is 0 Å². The molecule has 3 aromatic rings. The Labute approximate surface area is 123 Å². The van der Waals surface area contributed by atoms with E-state index in [1.165, 1.54) is 11.1 Å². The first-order chi connectivity index (χ1) is 9.51. The number of rotatable bonds is 2. The molecule has 0 aliphatic heterocycles. The molecular formula is C15H18N4S. The summed E-state index contributed by atoms with van der Waals surface area (Å²) in [6.45, 7) is 9.12. The number of hydrogen-bond acceptors (Lipinski definition) is 2. The van der Waals surface area contributed by atoms with E-state index >= 15 is 0 Å². The monoisotopic (exact) mass is 286 g/mol. The molecule has 0 radical (unpaired) electrons. The molecule has 1 N–H and O–H groups in total. The maximum atomic E-state index is 5.51. The smallest absolute Gasteiger partial charge is 0.184 e. The highest BCUT2D eigenvalue weighted by Crippen LogP contribution is 2.23. The van der Waals surface area contributed by atoms with Crippen LogP contribution in [0.4, 0.5) is 0 Å². The summed E-state index contributed by atoms with van der Waals surface area (Å²) in [4.78, 5) is 3.28. The van der Waals surface area contributed by atoms with Crippen molar-refractivity contribution in [1.29, 1.82) is 0 Å². The summed E-state index contributed by atoms with van der Waals surface area (Å²) >= 11 is 5.51. The Bertz CT molecular complexity index is 830. The van der Waals surface area contributed by atoms with E-state index in [9.17, 15) is 0 Å². The number of imidazole rings is 1. The van der Waals surface area contributed by atoms with Crippen molar-refractivity contribution >= 4 is 23.4 Å². The maximum Gasteiger partial charge on any atom is 0.184 e. The van der Waals surface area contributed by atoms with Crippen molar-refractivity contribution in [3.63, 3.8) is 0 Å². The second kappa shape index (κ2) is 4.59. The maximum absolute atomic E-state index is 5.51. The standard InChI is InChI=1S/C15H18N4S/c1-5-18-14-13(11(4)17-18)16-15(20)19(14)12-7-9(2)6-10(3)8-12/h6-8H,5H2,1-4H3,(H,16,20). The van der Waals surface area contributed by atoms with Crippen molar-refractivity contribution < 1.29 is 0 Å². The quantitative estimate of drug-likeness (QED) is 0.727. The van der Waals surface area contributed by atoms with Crippen LogP contribution in [0.3, 0.4) is 0 Å². The van der Waals surface area contributed by atoms with Gasteiger partial charge in [0, 0.05) is 6.54 Å². The van der Waals surface area contributed by atoms with Gasteiger partial charge in [-0.2, -0.15) is 5.10 Å². The Morgan fingerprint density at radius 3 is 2.40 bits per heavy atom. The second-order valence-corrected chi connectivity index (χ2v) is 5.60. The predicted molar refractivity (Wildman–Crippen MR) is 84.1 cm³/mol. The molecule has 20 heavy (non-hydrogen) atoms. The molecule has 0 bridgehead atoms. The summed E-state index contributed by atoms with van der Waals surface area (Å²) in [5, 5.41) is 4.56. The number of H-pyrrole nitrogens is 1. The Morgan fingerprint density at radius 2 is 1.80 bits per heavy atom. The van der Waals surface area contributed by atoms with Crippen molar-refractivity contribution in [3.05, 3.63) is 39.8 Å². The van der Waals surface area contributed by atoms with E-state index < -0.39 is 0 Å². The van der Waals surface area contributed by atoms with Crippen LogP contribution in [0.25, 0.3) is 16.9 Å². The van der Waals surface area contributed by atoms with Crippen molar-refractivity contribution in [2.75, 3.05) is 0 Å². The Balaban J connectivity index is 2.41. The van der Waals surface area contributed by atoms with Crippen LogP contribution in [0, 0.1) is 25.5 Å². The van der Waals surface area contributed by atoms with Crippen LogP contribution >= 0.6 is 12.2 Å². The number of aromatic amines is 1. The van der Waals surface area contributed by atoms with Crippen LogP contribution in [0.1, 0.15) is 23.7 Å². The number of aromatic nitrogens is 4.